The second-order valence-electron chi connectivity index (χ2n) is 4.11. The zero-order chi connectivity index (χ0) is 13.9. The molecule has 3 N–H and O–H groups in total. The minimum absolute atomic E-state index is 0.175. The maximum absolute atomic E-state index is 10.4. The molecular formula is C12H10N6O2. The average molecular weight is 270 g/mol. The number of nitrogens with zero attached hydrogens (tertiary/aromatic N) is 4. The number of H-pyrrole nitrogens is 1. The molecule has 0 aromatic carbocycles. The Morgan fingerprint density at radius 2 is 2.00 bits per heavy atom. The van der Waals surface area contributed by atoms with Crippen molar-refractivity contribution in [2.24, 2.45) is 0 Å². The van der Waals surface area contributed by atoms with Crippen LogP contribution in [0.2, 0.25) is 0 Å². The van der Waals surface area contributed by atoms with Gasteiger partial charge >= 0.3 is 6.09 Å². The number of fused-ring (bicyclic) bond motifs is 1. The number of hydrogen-bond acceptors (Lipinski definition) is 5. The fourth-order valence-electron chi connectivity index (χ4n) is 1.73. The van der Waals surface area contributed by atoms with Gasteiger partial charge in [0.15, 0.2) is 11.5 Å². The van der Waals surface area contributed by atoms with E-state index in [1.807, 2.05) is 6.07 Å². The second kappa shape index (κ2) is 4.92. The first-order valence-corrected chi connectivity index (χ1v) is 5.79. The summed E-state index contributed by atoms with van der Waals surface area (Å²) in [5, 5.41) is 18.3. The van der Waals surface area contributed by atoms with Gasteiger partial charge in [0.2, 0.25) is 0 Å². The Bertz CT molecular complexity index is 752. The standard InChI is InChI=1S/C12H10N6O2/c19-12(20)16-4-7-2-13-10(14-3-7)8-1-9-6-17-18-11(9)15-5-8/h1-3,5-6,16H,4H2,(H,19,20)(H,15,17,18). The van der Waals surface area contributed by atoms with Gasteiger partial charge in [-0.05, 0) is 6.07 Å². The van der Waals surface area contributed by atoms with Crippen molar-refractivity contribution >= 4 is 17.1 Å². The number of amides is 1. The normalized spacial score (nSPS) is 10.6. The molecule has 3 heterocycles. The molecule has 8 nitrogen and oxygen atoms in total. The van der Waals surface area contributed by atoms with Gasteiger partial charge in [-0.3, -0.25) is 5.10 Å². The summed E-state index contributed by atoms with van der Waals surface area (Å²) in [5.74, 6) is 0.527. The quantitative estimate of drug-likeness (QED) is 0.658. The average Bonchev–Trinajstić information content (AvgIpc) is 2.93. The Labute approximate surface area is 112 Å². The summed E-state index contributed by atoms with van der Waals surface area (Å²) in [6.45, 7) is 0.175. The first kappa shape index (κ1) is 12.0. The van der Waals surface area contributed by atoms with Crippen molar-refractivity contribution in [2.75, 3.05) is 0 Å². The predicted molar refractivity (Wildman–Crippen MR) is 69.8 cm³/mol. The number of aromatic nitrogens is 5. The Morgan fingerprint density at radius 3 is 2.75 bits per heavy atom. The maximum atomic E-state index is 10.4. The topological polar surface area (TPSA) is 117 Å². The maximum Gasteiger partial charge on any atom is 0.404 e. The molecule has 0 saturated carbocycles. The monoisotopic (exact) mass is 270 g/mol. The minimum atomic E-state index is -1.08. The predicted octanol–water partition coefficient (Wildman–Crippen LogP) is 1.18. The van der Waals surface area contributed by atoms with Crippen LogP contribution in [-0.2, 0) is 6.54 Å². The zero-order valence-electron chi connectivity index (χ0n) is 10.2. The van der Waals surface area contributed by atoms with Crippen LogP contribution < -0.4 is 5.32 Å². The number of pyridine rings is 1. The summed E-state index contributed by atoms with van der Waals surface area (Å²) in [6, 6.07) is 1.89. The molecule has 0 spiro atoms. The molecule has 0 fully saturated rings. The molecule has 100 valence electrons. The van der Waals surface area contributed by atoms with E-state index in [-0.39, 0.29) is 6.54 Å². The van der Waals surface area contributed by atoms with Gasteiger partial charge in [0.05, 0.1) is 6.20 Å². The number of rotatable bonds is 3. The van der Waals surface area contributed by atoms with E-state index in [1.54, 1.807) is 24.8 Å². The van der Waals surface area contributed by atoms with Gasteiger partial charge < -0.3 is 10.4 Å². The third-order valence-corrected chi connectivity index (χ3v) is 2.70. The molecule has 0 unspecified atom stereocenters. The third-order valence-electron chi connectivity index (χ3n) is 2.70. The van der Waals surface area contributed by atoms with Gasteiger partial charge in [-0.1, -0.05) is 0 Å². The van der Waals surface area contributed by atoms with E-state index in [0.717, 1.165) is 10.9 Å². The van der Waals surface area contributed by atoms with Gasteiger partial charge in [0, 0.05) is 41.6 Å². The highest BCUT2D eigenvalue weighted by atomic mass is 16.4. The van der Waals surface area contributed by atoms with E-state index < -0.39 is 6.09 Å². The number of hydrogen-bond donors (Lipinski definition) is 3. The van der Waals surface area contributed by atoms with Crippen molar-refractivity contribution in [3.05, 3.63) is 36.4 Å². The highest BCUT2D eigenvalue weighted by Crippen LogP contribution is 2.17. The van der Waals surface area contributed by atoms with Crippen molar-refractivity contribution in [1.82, 2.24) is 30.5 Å². The summed E-state index contributed by atoms with van der Waals surface area (Å²) in [7, 11) is 0. The van der Waals surface area contributed by atoms with Gasteiger partial charge in [-0.25, -0.2) is 19.7 Å². The summed E-state index contributed by atoms with van der Waals surface area (Å²) < 4.78 is 0. The molecule has 20 heavy (non-hydrogen) atoms. The molecule has 3 rings (SSSR count). The van der Waals surface area contributed by atoms with Gasteiger partial charge in [-0.2, -0.15) is 5.10 Å². The Kier molecular flexibility index (Phi) is 2.96. The lowest BCUT2D eigenvalue weighted by molar-refractivity contribution is 0.194. The highest BCUT2D eigenvalue weighted by Gasteiger charge is 2.05. The molecule has 0 bridgehead atoms. The van der Waals surface area contributed by atoms with E-state index >= 15 is 0 Å². The Hall–Kier alpha value is -3.03. The first-order valence-electron chi connectivity index (χ1n) is 5.79. The molecule has 1 amide bonds. The summed E-state index contributed by atoms with van der Waals surface area (Å²) in [5.41, 5.74) is 2.17. The number of carbonyl (C=O) groups is 1. The Morgan fingerprint density at radius 1 is 1.20 bits per heavy atom. The van der Waals surface area contributed by atoms with Crippen molar-refractivity contribution in [2.45, 2.75) is 6.54 Å². The molecule has 0 aliphatic carbocycles. The van der Waals surface area contributed by atoms with E-state index in [0.29, 0.717) is 17.0 Å². The Balaban J connectivity index is 1.84. The van der Waals surface area contributed by atoms with Gasteiger partial charge in [-0.15, -0.1) is 0 Å². The van der Waals surface area contributed by atoms with Crippen LogP contribution in [-0.4, -0.2) is 36.3 Å². The smallest absolute Gasteiger partial charge is 0.404 e. The van der Waals surface area contributed by atoms with E-state index in [9.17, 15) is 4.79 Å². The van der Waals surface area contributed by atoms with Crippen LogP contribution in [0.1, 0.15) is 5.56 Å². The van der Waals surface area contributed by atoms with Crippen LogP contribution in [0.3, 0.4) is 0 Å². The molecule has 0 aliphatic heterocycles. The van der Waals surface area contributed by atoms with Crippen LogP contribution >= 0.6 is 0 Å². The second-order valence-corrected chi connectivity index (χ2v) is 4.11. The third kappa shape index (κ3) is 2.39. The lowest BCUT2D eigenvalue weighted by Crippen LogP contribution is -2.20. The number of aromatic amines is 1. The number of nitrogens with one attached hydrogen (secondary N) is 2. The molecule has 3 aromatic rings. The van der Waals surface area contributed by atoms with E-state index in [2.05, 4.69) is 30.5 Å². The molecule has 3 aromatic heterocycles. The fourth-order valence-corrected chi connectivity index (χ4v) is 1.73. The summed E-state index contributed by atoms with van der Waals surface area (Å²) in [4.78, 5) is 23.0. The SMILES string of the molecule is O=C(O)NCc1cnc(-c2cnc3[nH]ncc3c2)nc1. The largest absolute Gasteiger partial charge is 0.465 e. The molecular weight excluding hydrogens is 260 g/mol. The molecule has 0 atom stereocenters. The van der Waals surface area contributed by atoms with Crippen LogP contribution in [0.15, 0.2) is 30.9 Å². The lowest BCUT2D eigenvalue weighted by Gasteiger charge is -2.03. The van der Waals surface area contributed by atoms with Crippen LogP contribution in [0.4, 0.5) is 4.79 Å². The van der Waals surface area contributed by atoms with Gasteiger partial charge in [0.1, 0.15) is 0 Å². The fraction of sp³-hybridized carbons (Fsp3) is 0.0833. The van der Waals surface area contributed by atoms with Gasteiger partial charge in [0.25, 0.3) is 0 Å². The van der Waals surface area contributed by atoms with Crippen LogP contribution in [0.25, 0.3) is 22.4 Å². The number of carboxylic acid groups (broad SMARTS) is 1. The van der Waals surface area contributed by atoms with Crippen molar-refractivity contribution in [1.29, 1.82) is 0 Å². The van der Waals surface area contributed by atoms with Crippen molar-refractivity contribution < 1.29 is 9.90 Å². The van der Waals surface area contributed by atoms with Crippen molar-refractivity contribution in [3.8, 4) is 11.4 Å². The summed E-state index contributed by atoms with van der Waals surface area (Å²) >= 11 is 0. The van der Waals surface area contributed by atoms with Crippen LogP contribution in [0.5, 0.6) is 0 Å². The van der Waals surface area contributed by atoms with Crippen molar-refractivity contribution in [3.63, 3.8) is 0 Å². The summed E-state index contributed by atoms with van der Waals surface area (Å²) in [6.07, 6.45) is 5.42. The molecule has 0 saturated heterocycles. The highest BCUT2D eigenvalue weighted by molar-refractivity contribution is 5.78. The van der Waals surface area contributed by atoms with E-state index in [4.69, 9.17) is 5.11 Å². The molecule has 8 heteroatoms. The minimum Gasteiger partial charge on any atom is -0.465 e. The zero-order valence-corrected chi connectivity index (χ0v) is 10.2. The van der Waals surface area contributed by atoms with Crippen LogP contribution in [0, 0.1) is 0 Å². The molecule has 0 radical (unpaired) electrons. The van der Waals surface area contributed by atoms with E-state index in [1.165, 1.54) is 0 Å². The lowest BCUT2D eigenvalue weighted by atomic mass is 10.2. The molecule has 0 aliphatic rings. The first-order chi connectivity index (χ1) is 9.72.